The minimum Gasteiger partial charge on any atom is -0.310 e. The summed E-state index contributed by atoms with van der Waals surface area (Å²) in [5.41, 5.74) is 39.5. The predicted molar refractivity (Wildman–Crippen MR) is 572 cm³/mol. The van der Waals surface area contributed by atoms with Gasteiger partial charge in [-0.3, -0.25) is 0 Å². The molecule has 0 N–H and O–H groups in total. The van der Waals surface area contributed by atoms with Crippen molar-refractivity contribution >= 4 is 144 Å². The van der Waals surface area contributed by atoms with Crippen LogP contribution in [0.4, 0.5) is 34.1 Å². The molecule has 650 valence electrons. The van der Waals surface area contributed by atoms with Gasteiger partial charge in [-0.05, 0) is 250 Å². The zero-order chi connectivity index (χ0) is 91.6. The second kappa shape index (κ2) is 30.1. The number of aromatic nitrogens is 4. The molecule has 0 amide bonds. The number of hydrogen-bond acceptors (Lipinski definition) is 2. The predicted octanol–water partition coefficient (Wildman–Crippen LogP) is 32.6. The smallest absolute Gasteiger partial charge is 0.252 e. The maximum absolute atomic E-state index is 2.78. The van der Waals surface area contributed by atoms with Gasteiger partial charge in [0.15, 0.2) is 0 Å². The van der Waals surface area contributed by atoms with Gasteiger partial charge in [0, 0.05) is 105 Å². The second-order valence-electron chi connectivity index (χ2n) is 43.8. The van der Waals surface area contributed by atoms with Crippen molar-refractivity contribution in [2.45, 2.75) is 157 Å². The van der Waals surface area contributed by atoms with Gasteiger partial charge in [0.05, 0.1) is 61.2 Å². The van der Waals surface area contributed by atoms with E-state index in [4.69, 9.17) is 0 Å². The highest BCUT2D eigenvalue weighted by atomic mass is 15.2. The van der Waals surface area contributed by atoms with E-state index in [2.05, 4.69) is 511 Å². The molecule has 0 radical (unpaired) electrons. The normalized spacial score (nSPS) is 13.3. The van der Waals surface area contributed by atoms with Gasteiger partial charge >= 0.3 is 0 Å². The summed E-state index contributed by atoms with van der Waals surface area (Å²) >= 11 is 0. The summed E-state index contributed by atoms with van der Waals surface area (Å²) in [5, 5.41) is 9.78. The summed E-state index contributed by atoms with van der Waals surface area (Å²) in [7, 11) is 0. The number of nitrogens with zero attached hydrogens (tertiary/aromatic N) is 6. The van der Waals surface area contributed by atoms with Crippen LogP contribution in [0.2, 0.25) is 0 Å². The topological polar surface area (TPSA) is 26.2 Å². The third kappa shape index (κ3) is 13.5. The highest BCUT2D eigenvalue weighted by molar-refractivity contribution is 7.00. The van der Waals surface area contributed by atoms with Crippen LogP contribution < -0.4 is 26.2 Å². The van der Waals surface area contributed by atoms with Crippen molar-refractivity contribution in [3.63, 3.8) is 0 Å². The molecule has 0 unspecified atom stereocenters. The van der Waals surface area contributed by atoms with Gasteiger partial charge in [-0.15, -0.1) is 0 Å². The van der Waals surface area contributed by atoms with E-state index in [0.717, 1.165) is 118 Å². The van der Waals surface area contributed by atoms with Gasteiger partial charge in [0.25, 0.3) is 6.71 Å². The summed E-state index contributed by atoms with van der Waals surface area (Å²) in [4.78, 5) is 5.55. The first kappa shape index (κ1) is 83.0. The average Bonchev–Trinajstić information content (AvgIpc) is 0.975. The average molecular weight is 1720 g/mol. The van der Waals surface area contributed by atoms with E-state index >= 15 is 0 Å². The van der Waals surface area contributed by atoms with Crippen LogP contribution in [0, 0.1) is 0 Å². The van der Waals surface area contributed by atoms with Crippen molar-refractivity contribution in [1.29, 1.82) is 0 Å². The van der Waals surface area contributed by atoms with E-state index in [1.165, 1.54) is 121 Å². The molecule has 6 heterocycles. The number of rotatable bonds is 10. The zero-order valence-electron chi connectivity index (χ0n) is 79.8. The van der Waals surface area contributed by atoms with Gasteiger partial charge in [0.1, 0.15) is 0 Å². The van der Waals surface area contributed by atoms with Gasteiger partial charge in [0.2, 0.25) is 0 Å². The fourth-order valence-electron chi connectivity index (χ4n) is 21.9. The molecule has 2 aliphatic rings. The van der Waals surface area contributed by atoms with Crippen molar-refractivity contribution in [2.75, 3.05) is 9.80 Å². The van der Waals surface area contributed by atoms with Crippen molar-refractivity contribution < 1.29 is 0 Å². The molecule has 21 aromatic rings. The molecular formula is C126H113BN6. The van der Waals surface area contributed by atoms with E-state index in [0.29, 0.717) is 0 Å². The number of benzene rings is 17. The largest absolute Gasteiger partial charge is 0.310 e. The lowest BCUT2D eigenvalue weighted by Gasteiger charge is -2.46. The Morgan fingerprint density at radius 2 is 0.414 bits per heavy atom. The number of para-hydroxylation sites is 3. The number of fused-ring (bicyclic) bond motifs is 16. The van der Waals surface area contributed by atoms with Crippen LogP contribution in [-0.2, 0) is 32.5 Å². The van der Waals surface area contributed by atoms with Crippen molar-refractivity contribution in [2.24, 2.45) is 0 Å². The van der Waals surface area contributed by atoms with Crippen molar-refractivity contribution in [1.82, 2.24) is 18.3 Å². The van der Waals surface area contributed by atoms with Crippen LogP contribution in [0.1, 0.15) is 158 Å². The quantitative estimate of drug-likeness (QED) is 0.128. The molecule has 0 saturated carbocycles. The molecule has 6 nitrogen and oxygen atoms in total. The second-order valence-corrected chi connectivity index (χ2v) is 43.8. The molecule has 17 aromatic carbocycles. The summed E-state index contributed by atoms with van der Waals surface area (Å²) in [6.07, 6.45) is 0. The molecule has 2 aliphatic heterocycles. The molecule has 0 fully saturated rings. The molecule has 0 aliphatic carbocycles. The molecule has 23 rings (SSSR count). The SMILES string of the molecule is CC(C)(C)c1cc(-c2ccccc2)c(N2c3cc(-n4c5ccc(C(C)(C)C)cc5c5cc(C(C)(C)C)ccc54)ccc3B3c4ccc(-n5c6ccc(C(C)(C)C)cc6c6cc(C(C)(C)C)ccc65)cc4N(c4c(-c5ccccc5)cc(C(C)(C)C)cc4-c4ccccc4)c4cc(-n5c6ccccc6c6cc(-n7c8ccccc8c8ccccc87)ccc65)cc2c43)c(-c2ccccc2)c1. The number of hydrogen-bond donors (Lipinski definition) is 0. The summed E-state index contributed by atoms with van der Waals surface area (Å²) in [6, 6.07) is 139. The van der Waals surface area contributed by atoms with Crippen LogP contribution in [0.5, 0.6) is 0 Å². The van der Waals surface area contributed by atoms with Crippen molar-refractivity contribution in [3.05, 3.63) is 391 Å². The molecule has 0 saturated heterocycles. The lowest BCUT2D eigenvalue weighted by Crippen LogP contribution is -2.61. The van der Waals surface area contributed by atoms with E-state index in [-0.39, 0.29) is 39.2 Å². The monoisotopic (exact) mass is 1720 g/mol. The maximum Gasteiger partial charge on any atom is 0.252 e. The molecule has 4 aromatic heterocycles. The summed E-state index contributed by atoms with van der Waals surface area (Å²) in [5.74, 6) is 0. The third-order valence-corrected chi connectivity index (χ3v) is 29.0. The summed E-state index contributed by atoms with van der Waals surface area (Å²) in [6.45, 7) is 42.1. The van der Waals surface area contributed by atoms with Gasteiger partial charge in [-0.25, -0.2) is 0 Å². The Hall–Kier alpha value is -14.4. The van der Waals surface area contributed by atoms with Gasteiger partial charge < -0.3 is 28.1 Å². The Morgan fingerprint density at radius 3 is 0.714 bits per heavy atom. The maximum atomic E-state index is 2.78. The molecule has 7 heteroatoms. The van der Waals surface area contributed by atoms with Gasteiger partial charge in [-0.1, -0.05) is 337 Å². The van der Waals surface area contributed by atoms with Gasteiger partial charge in [-0.2, -0.15) is 0 Å². The fourth-order valence-corrected chi connectivity index (χ4v) is 21.9. The van der Waals surface area contributed by atoms with Crippen LogP contribution in [-0.4, -0.2) is 25.0 Å². The molecular weight excluding hydrogens is 1610 g/mol. The minimum absolute atomic E-state index is 0.0999. The molecule has 0 spiro atoms. The Labute approximate surface area is 782 Å². The third-order valence-electron chi connectivity index (χ3n) is 29.0. The van der Waals surface area contributed by atoms with Crippen LogP contribution >= 0.6 is 0 Å². The Kier molecular flexibility index (Phi) is 18.8. The highest BCUT2D eigenvalue weighted by Crippen LogP contribution is 2.57. The molecule has 0 atom stereocenters. The Balaban J connectivity index is 0.924. The highest BCUT2D eigenvalue weighted by Gasteiger charge is 2.47. The molecule has 133 heavy (non-hydrogen) atoms. The van der Waals surface area contributed by atoms with E-state index in [9.17, 15) is 0 Å². The lowest BCUT2D eigenvalue weighted by atomic mass is 9.33. The first-order valence-electron chi connectivity index (χ1n) is 47.6. The minimum atomic E-state index is -0.362. The zero-order valence-corrected chi connectivity index (χ0v) is 79.8. The Bertz CT molecular complexity index is 7670. The first-order valence-corrected chi connectivity index (χ1v) is 47.6. The lowest BCUT2D eigenvalue weighted by molar-refractivity contribution is 0.590. The first-order chi connectivity index (χ1) is 63.8. The van der Waals surface area contributed by atoms with E-state index in [1.807, 2.05) is 0 Å². The number of anilines is 6. The Morgan fingerprint density at radius 1 is 0.180 bits per heavy atom. The fraction of sp³-hybridized carbons (Fsp3) is 0.190. The molecule has 0 bridgehead atoms. The standard InChI is InChI=1S/C126H113BN6/c1-121(2,3)82-51-60-109-99(65-82)100-66-83(122(4,5)6)52-61-110(100)129(109)89-55-58-104-114(74-89)132(119-95(78-37-23-19-24-38-78)69-86(125(13,14)15)70-96(119)79-39-25-20-26-40-79)116-76-91(131-108-50-36-33-47-94(108)103-73-88(57-64-113(103)131)128-106-48-34-31-45-92(106)93-46-32-35-49-107(93)128)77-117-118(116)127(104)105-59-56-90(130-111-62-53-84(123(7,8)9)67-101(111)102-68-85(124(10,11)12)54-63-112(102)130)75-115(105)133(117)120-97(80-41-27-21-28-42-80)71-87(126(16,17)18)72-98(120)81-43-29-22-30-44-81/h19-77H,1-18H3. The van der Waals surface area contributed by atoms with Crippen LogP contribution in [0.25, 0.3) is 154 Å². The van der Waals surface area contributed by atoms with E-state index < -0.39 is 0 Å². The van der Waals surface area contributed by atoms with Crippen molar-refractivity contribution in [3.8, 4) is 67.3 Å². The summed E-state index contributed by atoms with van der Waals surface area (Å²) < 4.78 is 10.3. The van der Waals surface area contributed by atoms with E-state index in [1.54, 1.807) is 0 Å². The van der Waals surface area contributed by atoms with Crippen LogP contribution in [0.3, 0.4) is 0 Å². The van der Waals surface area contributed by atoms with Crippen LogP contribution in [0.15, 0.2) is 358 Å².